The van der Waals surface area contributed by atoms with Crippen LogP contribution in [0.2, 0.25) is 0 Å². The van der Waals surface area contributed by atoms with Gasteiger partial charge in [0, 0.05) is 4.88 Å². The van der Waals surface area contributed by atoms with E-state index in [0.717, 1.165) is 4.88 Å². The van der Waals surface area contributed by atoms with Gasteiger partial charge in [-0.15, -0.1) is 16.4 Å². The molecule has 0 saturated carbocycles. The molecule has 0 aromatic carbocycles. The molecule has 2 heterocycles. The highest BCUT2D eigenvalue weighted by molar-refractivity contribution is 7.09. The highest BCUT2D eigenvalue weighted by Crippen LogP contribution is 2.15. The minimum atomic E-state index is -1.05. The first-order valence-electron chi connectivity index (χ1n) is 5.87. The molecule has 7 heteroatoms. The Hall–Kier alpha value is -1.73. The molecule has 2 aromatic heterocycles. The lowest BCUT2D eigenvalue weighted by molar-refractivity contribution is -0.122. The molecule has 0 aliphatic rings. The number of aromatic nitrogens is 3. The van der Waals surface area contributed by atoms with Crippen LogP contribution >= 0.6 is 11.3 Å². The zero-order chi connectivity index (χ0) is 13.9. The molecule has 0 fully saturated rings. The van der Waals surface area contributed by atoms with E-state index in [1.807, 2.05) is 17.5 Å². The van der Waals surface area contributed by atoms with Crippen LogP contribution in [0.15, 0.2) is 23.7 Å². The molecule has 0 saturated heterocycles. The van der Waals surface area contributed by atoms with Crippen molar-refractivity contribution in [3.8, 4) is 0 Å². The normalized spacial score (nSPS) is 11.5. The lowest BCUT2D eigenvalue weighted by atomic mass is 10.1. The maximum absolute atomic E-state index is 11.7. The van der Waals surface area contributed by atoms with Crippen molar-refractivity contribution in [2.24, 2.45) is 0 Å². The van der Waals surface area contributed by atoms with Crippen LogP contribution in [0.5, 0.6) is 0 Å². The van der Waals surface area contributed by atoms with Gasteiger partial charge in [-0.1, -0.05) is 11.3 Å². The van der Waals surface area contributed by atoms with Gasteiger partial charge in [0.1, 0.15) is 17.8 Å². The molecular formula is C12H16N4O2S. The highest BCUT2D eigenvalue weighted by Gasteiger charge is 2.20. The number of amides is 1. The summed E-state index contributed by atoms with van der Waals surface area (Å²) in [7, 11) is 0. The predicted molar refractivity (Wildman–Crippen MR) is 71.4 cm³/mol. The molecule has 0 radical (unpaired) electrons. The average molecular weight is 280 g/mol. The van der Waals surface area contributed by atoms with Gasteiger partial charge in [-0.3, -0.25) is 4.79 Å². The Labute approximate surface area is 115 Å². The fraction of sp³-hybridized carbons (Fsp3) is 0.417. The van der Waals surface area contributed by atoms with E-state index in [9.17, 15) is 9.90 Å². The molecule has 0 spiro atoms. The van der Waals surface area contributed by atoms with E-state index in [4.69, 9.17) is 0 Å². The minimum absolute atomic E-state index is 0.0917. The van der Waals surface area contributed by atoms with Crippen LogP contribution < -0.4 is 5.32 Å². The number of carbonyl (C=O) groups is 1. The lowest BCUT2D eigenvalue weighted by Gasteiger charge is -2.11. The van der Waals surface area contributed by atoms with Crippen LogP contribution in [-0.2, 0) is 23.5 Å². The summed E-state index contributed by atoms with van der Waals surface area (Å²) in [5.41, 5.74) is -0.607. The van der Waals surface area contributed by atoms with Crippen LogP contribution in [0.25, 0.3) is 0 Å². The second-order valence-electron chi connectivity index (χ2n) is 4.72. The second kappa shape index (κ2) is 5.50. The van der Waals surface area contributed by atoms with Crippen molar-refractivity contribution in [2.45, 2.75) is 32.5 Å². The van der Waals surface area contributed by atoms with E-state index in [-0.39, 0.29) is 12.5 Å². The number of nitrogens with zero attached hydrogens (tertiary/aromatic N) is 3. The number of thiophene rings is 1. The summed E-state index contributed by atoms with van der Waals surface area (Å²) in [6.45, 7) is 3.86. The molecule has 1 amide bonds. The molecule has 0 aliphatic carbocycles. The lowest BCUT2D eigenvalue weighted by Crippen LogP contribution is -2.27. The van der Waals surface area contributed by atoms with Gasteiger partial charge >= 0.3 is 0 Å². The first-order valence-corrected chi connectivity index (χ1v) is 6.75. The number of hydrogen-bond acceptors (Lipinski definition) is 5. The zero-order valence-electron chi connectivity index (χ0n) is 10.8. The molecule has 6 nitrogen and oxygen atoms in total. The number of hydrogen-bond donors (Lipinski definition) is 2. The van der Waals surface area contributed by atoms with Crippen molar-refractivity contribution in [3.63, 3.8) is 0 Å². The van der Waals surface area contributed by atoms with Crippen molar-refractivity contribution in [2.75, 3.05) is 0 Å². The monoisotopic (exact) mass is 280 g/mol. The van der Waals surface area contributed by atoms with Gasteiger partial charge in [0.05, 0.1) is 12.7 Å². The molecule has 102 valence electrons. The Morgan fingerprint density at radius 1 is 1.58 bits per heavy atom. The molecule has 19 heavy (non-hydrogen) atoms. The maximum atomic E-state index is 11.7. The van der Waals surface area contributed by atoms with E-state index in [0.29, 0.717) is 12.2 Å². The topological polar surface area (TPSA) is 80.0 Å². The number of aliphatic hydroxyl groups is 1. The molecule has 2 aromatic rings. The first kappa shape index (κ1) is 13.7. The summed E-state index contributed by atoms with van der Waals surface area (Å²) in [4.78, 5) is 12.8. The summed E-state index contributed by atoms with van der Waals surface area (Å²) in [6.07, 6.45) is 1.57. The Morgan fingerprint density at radius 2 is 2.37 bits per heavy atom. The van der Waals surface area contributed by atoms with Crippen molar-refractivity contribution in [1.29, 1.82) is 0 Å². The number of rotatable bonds is 5. The molecule has 2 N–H and O–H groups in total. The SMILES string of the molecule is CC(C)(O)c1cn(CC(=O)NCc2cccs2)nn1. The van der Waals surface area contributed by atoms with Gasteiger partial charge in [-0.2, -0.15) is 0 Å². The Balaban J connectivity index is 1.87. The van der Waals surface area contributed by atoms with Gasteiger partial charge in [-0.05, 0) is 25.3 Å². The summed E-state index contributed by atoms with van der Waals surface area (Å²) in [6, 6.07) is 3.91. The minimum Gasteiger partial charge on any atom is -0.384 e. The van der Waals surface area contributed by atoms with Crippen LogP contribution in [0.3, 0.4) is 0 Å². The van der Waals surface area contributed by atoms with E-state index in [1.54, 1.807) is 31.4 Å². The molecule has 0 unspecified atom stereocenters. The summed E-state index contributed by atoms with van der Waals surface area (Å²) in [5.74, 6) is -0.138. The third kappa shape index (κ3) is 3.87. The molecule has 2 rings (SSSR count). The Bertz CT molecular complexity index is 542. The van der Waals surface area contributed by atoms with Crippen LogP contribution in [0, 0.1) is 0 Å². The van der Waals surface area contributed by atoms with Gasteiger partial charge in [0.2, 0.25) is 5.91 Å². The zero-order valence-corrected chi connectivity index (χ0v) is 11.6. The van der Waals surface area contributed by atoms with E-state index >= 15 is 0 Å². The second-order valence-corrected chi connectivity index (χ2v) is 5.75. The average Bonchev–Trinajstić information content (AvgIpc) is 2.95. The Morgan fingerprint density at radius 3 is 2.95 bits per heavy atom. The van der Waals surface area contributed by atoms with Crippen molar-refractivity contribution in [3.05, 3.63) is 34.3 Å². The molecule has 0 atom stereocenters. The number of nitrogens with one attached hydrogen (secondary N) is 1. The standard InChI is InChI=1S/C12H16N4O2S/c1-12(2,18)10-7-16(15-14-10)8-11(17)13-6-9-4-3-5-19-9/h3-5,7,18H,6,8H2,1-2H3,(H,13,17). The van der Waals surface area contributed by atoms with Crippen molar-refractivity contribution < 1.29 is 9.90 Å². The van der Waals surface area contributed by atoms with Gasteiger partial charge < -0.3 is 10.4 Å². The van der Waals surface area contributed by atoms with Crippen LogP contribution in [0.1, 0.15) is 24.4 Å². The van der Waals surface area contributed by atoms with E-state index in [2.05, 4.69) is 15.6 Å². The largest absolute Gasteiger partial charge is 0.384 e. The van der Waals surface area contributed by atoms with E-state index < -0.39 is 5.60 Å². The first-order chi connectivity index (χ1) is 8.95. The van der Waals surface area contributed by atoms with Crippen LogP contribution in [0.4, 0.5) is 0 Å². The number of carbonyl (C=O) groups excluding carboxylic acids is 1. The highest BCUT2D eigenvalue weighted by atomic mass is 32.1. The summed E-state index contributed by atoms with van der Waals surface area (Å²) < 4.78 is 1.41. The van der Waals surface area contributed by atoms with Gasteiger partial charge in [0.25, 0.3) is 0 Å². The Kier molecular flexibility index (Phi) is 3.96. The van der Waals surface area contributed by atoms with E-state index in [1.165, 1.54) is 4.68 Å². The predicted octanol–water partition coefficient (Wildman–Crippen LogP) is 0.883. The molecule has 0 bridgehead atoms. The van der Waals surface area contributed by atoms with Crippen LogP contribution in [-0.4, -0.2) is 26.0 Å². The molecular weight excluding hydrogens is 264 g/mol. The summed E-state index contributed by atoms with van der Waals surface area (Å²) in [5, 5.41) is 22.2. The van der Waals surface area contributed by atoms with Crippen molar-refractivity contribution >= 4 is 17.2 Å². The maximum Gasteiger partial charge on any atom is 0.242 e. The van der Waals surface area contributed by atoms with Gasteiger partial charge in [0.15, 0.2) is 0 Å². The van der Waals surface area contributed by atoms with Crippen molar-refractivity contribution in [1.82, 2.24) is 20.3 Å². The fourth-order valence-corrected chi connectivity index (χ4v) is 2.10. The fourth-order valence-electron chi connectivity index (χ4n) is 1.46. The summed E-state index contributed by atoms with van der Waals surface area (Å²) >= 11 is 1.60. The quantitative estimate of drug-likeness (QED) is 0.852. The third-order valence-electron chi connectivity index (χ3n) is 2.51. The molecule has 0 aliphatic heterocycles. The third-order valence-corrected chi connectivity index (χ3v) is 3.39. The van der Waals surface area contributed by atoms with Gasteiger partial charge in [-0.25, -0.2) is 4.68 Å². The smallest absolute Gasteiger partial charge is 0.242 e.